The third-order valence-corrected chi connectivity index (χ3v) is 6.92. The number of hydrogen-bond acceptors (Lipinski definition) is 5. The van der Waals surface area contributed by atoms with E-state index in [2.05, 4.69) is 28.1 Å². The van der Waals surface area contributed by atoms with Gasteiger partial charge in [-0.2, -0.15) is 0 Å². The predicted molar refractivity (Wildman–Crippen MR) is 159 cm³/mol. The molecule has 40 heavy (non-hydrogen) atoms. The van der Waals surface area contributed by atoms with E-state index in [1.807, 2.05) is 62.4 Å². The zero-order valence-electron chi connectivity index (χ0n) is 23.9. The summed E-state index contributed by atoms with van der Waals surface area (Å²) in [4.78, 5) is 17.1. The van der Waals surface area contributed by atoms with Crippen LogP contribution < -0.4 is 19.5 Å². The number of aromatic nitrogens is 2. The van der Waals surface area contributed by atoms with Gasteiger partial charge in [-0.25, -0.2) is 4.98 Å². The van der Waals surface area contributed by atoms with Crippen LogP contribution in [-0.2, 0) is 17.8 Å². The molecule has 0 bridgehead atoms. The van der Waals surface area contributed by atoms with E-state index in [1.165, 1.54) is 5.52 Å². The van der Waals surface area contributed by atoms with Gasteiger partial charge in [-0.05, 0) is 81.0 Å². The SMILES string of the molecule is COc1cccc(OCCCCn2c(CCCCCNC(=O)COc3cc(C)ccc3C)nc3ccccc32)c1. The summed E-state index contributed by atoms with van der Waals surface area (Å²) in [5.41, 5.74) is 4.38. The summed E-state index contributed by atoms with van der Waals surface area (Å²) in [5.74, 6) is 3.44. The van der Waals surface area contributed by atoms with Crippen LogP contribution in [0.2, 0.25) is 0 Å². The van der Waals surface area contributed by atoms with Gasteiger partial charge < -0.3 is 24.1 Å². The topological polar surface area (TPSA) is 74.6 Å². The first-order chi connectivity index (χ1) is 19.5. The number of imidazole rings is 1. The Bertz CT molecular complexity index is 1380. The first-order valence-corrected chi connectivity index (χ1v) is 14.2. The van der Waals surface area contributed by atoms with Gasteiger partial charge >= 0.3 is 0 Å². The van der Waals surface area contributed by atoms with E-state index < -0.39 is 0 Å². The van der Waals surface area contributed by atoms with Crippen molar-refractivity contribution in [1.82, 2.24) is 14.9 Å². The lowest BCUT2D eigenvalue weighted by Gasteiger charge is -2.11. The molecule has 7 heteroatoms. The van der Waals surface area contributed by atoms with Crippen molar-refractivity contribution in [2.45, 2.75) is 58.9 Å². The number of nitrogens with zero attached hydrogens (tertiary/aromatic N) is 2. The number of amides is 1. The summed E-state index contributed by atoms with van der Waals surface area (Å²) in [6.07, 6.45) is 5.85. The van der Waals surface area contributed by atoms with Crippen LogP contribution in [0.5, 0.6) is 17.2 Å². The largest absolute Gasteiger partial charge is 0.497 e. The number of carbonyl (C=O) groups is 1. The van der Waals surface area contributed by atoms with Crippen molar-refractivity contribution in [1.29, 1.82) is 0 Å². The average molecular weight is 544 g/mol. The minimum absolute atomic E-state index is 0.0406. The highest BCUT2D eigenvalue weighted by atomic mass is 16.5. The zero-order chi connectivity index (χ0) is 28.2. The molecule has 0 unspecified atom stereocenters. The van der Waals surface area contributed by atoms with Crippen LogP contribution in [0.4, 0.5) is 0 Å². The number of para-hydroxylation sites is 2. The smallest absolute Gasteiger partial charge is 0.257 e. The lowest BCUT2D eigenvalue weighted by Crippen LogP contribution is -2.29. The fourth-order valence-electron chi connectivity index (χ4n) is 4.69. The molecule has 1 amide bonds. The number of hydrogen-bond donors (Lipinski definition) is 1. The normalized spacial score (nSPS) is 11.0. The number of nitrogens with one attached hydrogen (secondary N) is 1. The van der Waals surface area contributed by atoms with E-state index in [0.717, 1.165) is 84.8 Å². The molecule has 0 radical (unpaired) electrons. The van der Waals surface area contributed by atoms with Crippen molar-refractivity contribution in [3.8, 4) is 17.2 Å². The minimum atomic E-state index is -0.0851. The molecule has 4 aromatic rings. The summed E-state index contributed by atoms with van der Waals surface area (Å²) >= 11 is 0. The fourth-order valence-corrected chi connectivity index (χ4v) is 4.69. The number of aryl methyl sites for hydroxylation is 4. The fraction of sp³-hybridized carbons (Fsp3) is 0.394. The molecular formula is C33H41N3O4. The van der Waals surface area contributed by atoms with E-state index in [0.29, 0.717) is 13.2 Å². The third kappa shape index (κ3) is 8.50. The van der Waals surface area contributed by atoms with Gasteiger partial charge in [-0.15, -0.1) is 0 Å². The molecular weight excluding hydrogens is 502 g/mol. The second-order valence-electron chi connectivity index (χ2n) is 10.1. The van der Waals surface area contributed by atoms with Gasteiger partial charge in [-0.3, -0.25) is 4.79 Å². The molecule has 0 saturated carbocycles. The second-order valence-corrected chi connectivity index (χ2v) is 10.1. The number of methoxy groups -OCH3 is 1. The van der Waals surface area contributed by atoms with E-state index in [4.69, 9.17) is 19.2 Å². The molecule has 0 saturated heterocycles. The molecule has 4 rings (SSSR count). The van der Waals surface area contributed by atoms with Crippen LogP contribution in [0.1, 0.15) is 49.1 Å². The number of benzene rings is 3. The van der Waals surface area contributed by atoms with Gasteiger partial charge in [0.25, 0.3) is 5.91 Å². The number of ether oxygens (including phenoxy) is 3. The van der Waals surface area contributed by atoms with Crippen LogP contribution in [-0.4, -0.2) is 42.3 Å². The van der Waals surface area contributed by atoms with E-state index >= 15 is 0 Å². The molecule has 1 aromatic heterocycles. The van der Waals surface area contributed by atoms with Crippen molar-refractivity contribution in [2.75, 3.05) is 26.9 Å². The van der Waals surface area contributed by atoms with Crippen molar-refractivity contribution in [3.05, 3.63) is 83.7 Å². The first kappa shape index (κ1) is 29.0. The average Bonchev–Trinajstić information content (AvgIpc) is 3.32. The number of unbranched alkanes of at least 4 members (excludes halogenated alkanes) is 3. The van der Waals surface area contributed by atoms with Gasteiger partial charge in [0, 0.05) is 25.6 Å². The van der Waals surface area contributed by atoms with Crippen LogP contribution >= 0.6 is 0 Å². The van der Waals surface area contributed by atoms with Crippen LogP contribution in [0.3, 0.4) is 0 Å². The Morgan fingerprint density at radius 3 is 2.60 bits per heavy atom. The molecule has 0 spiro atoms. The summed E-state index contributed by atoms with van der Waals surface area (Å²) in [5, 5.41) is 2.97. The maximum Gasteiger partial charge on any atom is 0.257 e. The summed E-state index contributed by atoms with van der Waals surface area (Å²) in [7, 11) is 1.66. The Kier molecular flexibility index (Phi) is 10.8. The van der Waals surface area contributed by atoms with E-state index in [1.54, 1.807) is 7.11 Å². The standard InChI is InChI=1S/C33H41N3O4/c1-25-17-18-26(2)31(22-25)40-24-33(37)34-19-8-4-5-16-32-35-29-14-6-7-15-30(29)36(32)20-9-10-21-39-28-13-11-12-27(23-28)38-3/h6-7,11-15,17-18,22-23H,4-5,8-10,16,19-21,24H2,1-3H3,(H,34,37). The van der Waals surface area contributed by atoms with Crippen LogP contribution in [0, 0.1) is 13.8 Å². The maximum atomic E-state index is 12.2. The van der Waals surface area contributed by atoms with Crippen LogP contribution in [0.15, 0.2) is 66.7 Å². The highest BCUT2D eigenvalue weighted by Gasteiger charge is 2.10. The lowest BCUT2D eigenvalue weighted by molar-refractivity contribution is -0.123. The quantitative estimate of drug-likeness (QED) is 0.165. The first-order valence-electron chi connectivity index (χ1n) is 14.2. The predicted octanol–water partition coefficient (Wildman–Crippen LogP) is 6.43. The van der Waals surface area contributed by atoms with Gasteiger partial charge in [0.2, 0.25) is 0 Å². The van der Waals surface area contributed by atoms with Crippen molar-refractivity contribution in [2.24, 2.45) is 0 Å². The molecule has 0 aliphatic rings. The molecule has 0 fully saturated rings. The summed E-state index contributed by atoms with van der Waals surface area (Å²) < 4.78 is 19.2. The molecule has 3 aromatic carbocycles. The minimum Gasteiger partial charge on any atom is -0.497 e. The van der Waals surface area contributed by atoms with E-state index in [-0.39, 0.29) is 12.5 Å². The summed E-state index contributed by atoms with van der Waals surface area (Å²) in [6.45, 7) is 6.27. The Labute approximate surface area is 237 Å². The maximum absolute atomic E-state index is 12.2. The number of rotatable bonds is 16. The van der Waals surface area contributed by atoms with Gasteiger partial charge in [-0.1, -0.05) is 36.8 Å². The monoisotopic (exact) mass is 543 g/mol. The highest BCUT2D eigenvalue weighted by molar-refractivity contribution is 5.77. The third-order valence-electron chi connectivity index (χ3n) is 6.92. The Morgan fingerprint density at radius 2 is 1.73 bits per heavy atom. The van der Waals surface area contributed by atoms with Gasteiger partial charge in [0.1, 0.15) is 23.1 Å². The molecule has 7 nitrogen and oxygen atoms in total. The van der Waals surface area contributed by atoms with E-state index in [9.17, 15) is 4.79 Å². The Balaban J connectivity index is 1.17. The van der Waals surface area contributed by atoms with Crippen molar-refractivity contribution in [3.63, 3.8) is 0 Å². The number of fused-ring (bicyclic) bond motifs is 1. The molecule has 0 aliphatic carbocycles. The number of carbonyl (C=O) groups excluding carboxylic acids is 1. The molecule has 212 valence electrons. The lowest BCUT2D eigenvalue weighted by atomic mass is 10.1. The second kappa shape index (κ2) is 15.0. The molecule has 1 N–H and O–H groups in total. The summed E-state index contributed by atoms with van der Waals surface area (Å²) in [6, 6.07) is 22.1. The Morgan fingerprint density at radius 1 is 0.875 bits per heavy atom. The van der Waals surface area contributed by atoms with Crippen molar-refractivity contribution >= 4 is 16.9 Å². The molecule has 1 heterocycles. The molecule has 0 atom stereocenters. The van der Waals surface area contributed by atoms with Gasteiger partial charge in [0.15, 0.2) is 6.61 Å². The van der Waals surface area contributed by atoms with Crippen molar-refractivity contribution < 1.29 is 19.0 Å². The Hall–Kier alpha value is -4.00. The highest BCUT2D eigenvalue weighted by Crippen LogP contribution is 2.21. The van der Waals surface area contributed by atoms with Crippen LogP contribution in [0.25, 0.3) is 11.0 Å². The van der Waals surface area contributed by atoms with Gasteiger partial charge in [0.05, 0.1) is 24.8 Å². The zero-order valence-corrected chi connectivity index (χ0v) is 23.9. The molecule has 0 aliphatic heterocycles.